The number of anilines is 2. The molecular formula is C11H12FN5O. The van der Waals surface area contributed by atoms with E-state index in [1.807, 2.05) is 6.92 Å². The lowest BCUT2D eigenvalue weighted by molar-refractivity contribution is 0.102. The normalized spacial score (nSPS) is 10.3. The molecule has 0 spiro atoms. The van der Waals surface area contributed by atoms with Crippen molar-refractivity contribution in [1.82, 2.24) is 14.8 Å². The number of aromatic nitrogens is 3. The van der Waals surface area contributed by atoms with E-state index >= 15 is 0 Å². The fraction of sp³-hybridized carbons (Fsp3) is 0.182. The van der Waals surface area contributed by atoms with Gasteiger partial charge in [-0.25, -0.2) is 9.37 Å². The van der Waals surface area contributed by atoms with Gasteiger partial charge in [-0.15, -0.1) is 0 Å². The SMILES string of the molecule is CCn1cc(N)c(C(=O)Nc2ccc(F)cn2)n1. The fourth-order valence-corrected chi connectivity index (χ4v) is 1.40. The smallest absolute Gasteiger partial charge is 0.279 e. The van der Waals surface area contributed by atoms with E-state index in [1.165, 1.54) is 12.1 Å². The lowest BCUT2D eigenvalue weighted by atomic mass is 10.3. The van der Waals surface area contributed by atoms with E-state index in [2.05, 4.69) is 15.4 Å². The van der Waals surface area contributed by atoms with E-state index in [9.17, 15) is 9.18 Å². The number of hydrogen-bond donors (Lipinski definition) is 2. The molecule has 0 saturated carbocycles. The molecule has 0 atom stereocenters. The summed E-state index contributed by atoms with van der Waals surface area (Å²) in [7, 11) is 0. The summed E-state index contributed by atoms with van der Waals surface area (Å²) in [6.07, 6.45) is 2.59. The van der Waals surface area contributed by atoms with Crippen molar-refractivity contribution >= 4 is 17.4 Å². The van der Waals surface area contributed by atoms with Crippen LogP contribution in [-0.4, -0.2) is 20.7 Å². The van der Waals surface area contributed by atoms with Gasteiger partial charge >= 0.3 is 0 Å². The van der Waals surface area contributed by atoms with Crippen LogP contribution >= 0.6 is 0 Å². The maximum atomic E-state index is 12.6. The Morgan fingerprint density at radius 3 is 2.89 bits per heavy atom. The first kappa shape index (κ1) is 12.0. The minimum Gasteiger partial charge on any atom is -0.396 e. The quantitative estimate of drug-likeness (QED) is 0.857. The van der Waals surface area contributed by atoms with Crippen LogP contribution in [0.3, 0.4) is 0 Å². The summed E-state index contributed by atoms with van der Waals surface area (Å²) in [5, 5.41) is 6.51. The number of aryl methyl sites for hydroxylation is 1. The number of carbonyl (C=O) groups is 1. The van der Waals surface area contributed by atoms with Crippen molar-refractivity contribution in [3.8, 4) is 0 Å². The minimum absolute atomic E-state index is 0.128. The molecule has 0 bridgehead atoms. The van der Waals surface area contributed by atoms with Crippen LogP contribution in [0.5, 0.6) is 0 Å². The van der Waals surface area contributed by atoms with Crippen LogP contribution in [-0.2, 0) is 6.54 Å². The molecule has 2 rings (SSSR count). The molecule has 0 aliphatic carbocycles. The summed E-state index contributed by atoms with van der Waals surface area (Å²) in [5.74, 6) is -0.701. The first-order valence-electron chi connectivity index (χ1n) is 5.36. The molecule has 0 radical (unpaired) electrons. The van der Waals surface area contributed by atoms with E-state index in [1.54, 1.807) is 10.9 Å². The van der Waals surface area contributed by atoms with E-state index in [-0.39, 0.29) is 17.2 Å². The van der Waals surface area contributed by atoms with Crippen LogP contribution in [0, 0.1) is 5.82 Å². The molecule has 0 fully saturated rings. The molecule has 0 aliphatic heterocycles. The number of nitrogens with one attached hydrogen (secondary N) is 1. The van der Waals surface area contributed by atoms with Gasteiger partial charge in [0.25, 0.3) is 5.91 Å². The fourth-order valence-electron chi connectivity index (χ4n) is 1.40. The average Bonchev–Trinajstić information content (AvgIpc) is 2.73. The highest BCUT2D eigenvalue weighted by molar-refractivity contribution is 6.05. The van der Waals surface area contributed by atoms with Crippen LogP contribution < -0.4 is 11.1 Å². The molecule has 2 aromatic rings. The Morgan fingerprint density at radius 2 is 2.33 bits per heavy atom. The van der Waals surface area contributed by atoms with Crippen molar-refractivity contribution in [3.63, 3.8) is 0 Å². The van der Waals surface area contributed by atoms with Crippen LogP contribution in [0.2, 0.25) is 0 Å². The number of amides is 1. The third-order valence-corrected chi connectivity index (χ3v) is 2.30. The Kier molecular flexibility index (Phi) is 3.22. The van der Waals surface area contributed by atoms with Crippen molar-refractivity contribution in [1.29, 1.82) is 0 Å². The second-order valence-corrected chi connectivity index (χ2v) is 3.60. The van der Waals surface area contributed by atoms with E-state index in [4.69, 9.17) is 5.73 Å². The summed E-state index contributed by atoms with van der Waals surface area (Å²) < 4.78 is 14.2. The molecule has 0 saturated heterocycles. The van der Waals surface area contributed by atoms with Gasteiger partial charge in [0.1, 0.15) is 11.6 Å². The highest BCUT2D eigenvalue weighted by Crippen LogP contribution is 2.12. The summed E-state index contributed by atoms with van der Waals surface area (Å²) >= 11 is 0. The maximum absolute atomic E-state index is 12.6. The van der Waals surface area contributed by atoms with Gasteiger partial charge in [0.05, 0.1) is 11.9 Å². The predicted molar refractivity (Wildman–Crippen MR) is 64.5 cm³/mol. The van der Waals surface area contributed by atoms with E-state index in [0.717, 1.165) is 6.20 Å². The van der Waals surface area contributed by atoms with Crippen molar-refractivity contribution in [2.24, 2.45) is 0 Å². The second kappa shape index (κ2) is 4.82. The van der Waals surface area contributed by atoms with Crippen LogP contribution in [0.4, 0.5) is 15.9 Å². The Morgan fingerprint density at radius 1 is 1.56 bits per heavy atom. The zero-order chi connectivity index (χ0) is 13.1. The van der Waals surface area contributed by atoms with E-state index in [0.29, 0.717) is 6.54 Å². The lowest BCUT2D eigenvalue weighted by Crippen LogP contribution is -2.15. The zero-order valence-electron chi connectivity index (χ0n) is 9.72. The van der Waals surface area contributed by atoms with Gasteiger partial charge in [-0.3, -0.25) is 9.48 Å². The molecule has 6 nitrogen and oxygen atoms in total. The lowest BCUT2D eigenvalue weighted by Gasteiger charge is -2.02. The molecular weight excluding hydrogens is 237 g/mol. The topological polar surface area (TPSA) is 85.8 Å². The first-order chi connectivity index (χ1) is 8.60. The first-order valence-corrected chi connectivity index (χ1v) is 5.36. The van der Waals surface area contributed by atoms with Crippen molar-refractivity contribution in [2.75, 3.05) is 11.1 Å². The number of halogens is 1. The highest BCUT2D eigenvalue weighted by atomic mass is 19.1. The third-order valence-electron chi connectivity index (χ3n) is 2.30. The Bertz CT molecular complexity index is 563. The minimum atomic E-state index is -0.473. The van der Waals surface area contributed by atoms with Crippen molar-refractivity contribution in [2.45, 2.75) is 13.5 Å². The summed E-state index contributed by atoms with van der Waals surface area (Å²) in [4.78, 5) is 15.6. The van der Waals surface area contributed by atoms with Crippen LogP contribution in [0.25, 0.3) is 0 Å². The summed E-state index contributed by atoms with van der Waals surface area (Å²) in [6.45, 7) is 2.50. The molecule has 0 unspecified atom stereocenters. The number of carbonyl (C=O) groups excluding carboxylic acids is 1. The number of rotatable bonds is 3. The summed E-state index contributed by atoms with van der Waals surface area (Å²) in [5.41, 5.74) is 6.09. The molecule has 0 aromatic carbocycles. The van der Waals surface area contributed by atoms with Gasteiger partial charge in [0, 0.05) is 12.7 Å². The van der Waals surface area contributed by atoms with Crippen molar-refractivity contribution < 1.29 is 9.18 Å². The van der Waals surface area contributed by atoms with Gasteiger partial charge in [-0.2, -0.15) is 5.10 Å². The van der Waals surface area contributed by atoms with Crippen LogP contribution in [0.15, 0.2) is 24.5 Å². The predicted octanol–water partition coefficient (Wildman–Crippen LogP) is 1.27. The zero-order valence-corrected chi connectivity index (χ0v) is 9.72. The Hall–Kier alpha value is -2.44. The number of nitrogen functional groups attached to an aromatic ring is 1. The average molecular weight is 249 g/mol. The molecule has 7 heteroatoms. The Labute approximate surface area is 103 Å². The van der Waals surface area contributed by atoms with Gasteiger partial charge in [0.2, 0.25) is 0 Å². The second-order valence-electron chi connectivity index (χ2n) is 3.60. The number of pyridine rings is 1. The summed E-state index contributed by atoms with van der Waals surface area (Å²) in [6, 6.07) is 2.57. The standard InChI is InChI=1S/C11H12FN5O/c1-2-17-6-8(13)10(16-17)11(18)15-9-4-3-7(12)5-14-9/h3-6H,2,13H2,1H3,(H,14,15,18). The molecule has 0 aliphatic rings. The number of nitrogens with two attached hydrogens (primary N) is 1. The molecule has 2 aromatic heterocycles. The van der Waals surface area contributed by atoms with Crippen LogP contribution in [0.1, 0.15) is 17.4 Å². The van der Waals surface area contributed by atoms with Crippen molar-refractivity contribution in [3.05, 3.63) is 36.0 Å². The van der Waals surface area contributed by atoms with E-state index < -0.39 is 11.7 Å². The maximum Gasteiger partial charge on any atom is 0.279 e. The van der Waals surface area contributed by atoms with Gasteiger partial charge in [-0.1, -0.05) is 0 Å². The molecule has 18 heavy (non-hydrogen) atoms. The third kappa shape index (κ3) is 2.45. The van der Waals surface area contributed by atoms with Gasteiger partial charge in [-0.05, 0) is 19.1 Å². The molecule has 94 valence electrons. The Balaban J connectivity index is 2.16. The number of nitrogens with zero attached hydrogens (tertiary/aromatic N) is 3. The molecule has 1 amide bonds. The molecule has 2 heterocycles. The highest BCUT2D eigenvalue weighted by Gasteiger charge is 2.15. The van der Waals surface area contributed by atoms with Gasteiger partial charge in [0.15, 0.2) is 5.69 Å². The number of hydrogen-bond acceptors (Lipinski definition) is 4. The largest absolute Gasteiger partial charge is 0.396 e. The monoisotopic (exact) mass is 249 g/mol. The molecule has 3 N–H and O–H groups in total. The van der Waals surface area contributed by atoms with Gasteiger partial charge < -0.3 is 11.1 Å².